The third kappa shape index (κ3) is 5.23. The maximum atomic E-state index is 11.5. The summed E-state index contributed by atoms with van der Waals surface area (Å²) in [6.45, 7) is 5.22. The molecule has 1 N–H and O–H groups in total. The van der Waals surface area contributed by atoms with Crippen LogP contribution < -0.4 is 10.1 Å². The summed E-state index contributed by atoms with van der Waals surface area (Å²) in [4.78, 5) is 9.48. The number of hydrogen-bond donors (Lipinski definition) is 1. The molecule has 0 bridgehead atoms. The van der Waals surface area contributed by atoms with Gasteiger partial charge < -0.3 is 15.0 Å². The van der Waals surface area contributed by atoms with Gasteiger partial charge in [-0.1, -0.05) is 12.2 Å². The van der Waals surface area contributed by atoms with Gasteiger partial charge in [0.2, 0.25) is 0 Å². The summed E-state index contributed by atoms with van der Waals surface area (Å²) in [5.41, 5.74) is 0. The topological polar surface area (TPSA) is 74.2 Å². The van der Waals surface area contributed by atoms with Crippen molar-refractivity contribution in [3.63, 3.8) is 0 Å². The van der Waals surface area contributed by atoms with Crippen LogP contribution in [0.2, 0.25) is 0 Å². The zero-order valence-electron chi connectivity index (χ0n) is 16.0. The Hall–Kier alpha value is -2.06. The minimum atomic E-state index is -3.18. The molecule has 148 valence electrons. The number of ether oxygens (including phenoxy) is 1. The van der Waals surface area contributed by atoms with Crippen LogP contribution in [0.1, 0.15) is 6.42 Å². The first kappa shape index (κ1) is 19.7. The predicted molar refractivity (Wildman–Crippen MR) is 107 cm³/mol. The molecule has 1 aromatic rings. The normalized spacial score (nSPS) is 21.0. The molecule has 3 rings (SSSR count). The minimum absolute atomic E-state index is 0.296. The third-order valence-electron chi connectivity index (χ3n) is 4.94. The fourth-order valence-corrected chi connectivity index (χ4v) is 4.10. The maximum Gasteiger partial charge on any atom is 0.193 e. The van der Waals surface area contributed by atoms with Crippen LogP contribution >= 0.6 is 0 Å². The molecule has 1 saturated heterocycles. The maximum absolute atomic E-state index is 11.5. The average molecular weight is 393 g/mol. The Kier molecular flexibility index (Phi) is 6.38. The highest BCUT2D eigenvalue weighted by atomic mass is 32.2. The van der Waals surface area contributed by atoms with Gasteiger partial charge in [0, 0.05) is 45.5 Å². The standard InChI is InChI=1S/C19H28N4O3S/c1-20-19(23-13-9-16(15-23)22-11-3-4-12-22)21-10-14-26-17-5-7-18(8-6-17)27(2,24)25/h3-8,16H,9-15H2,1-2H3,(H,20,21). The Morgan fingerprint density at radius 1 is 1.26 bits per heavy atom. The van der Waals surface area contributed by atoms with E-state index in [0.29, 0.717) is 29.8 Å². The Labute approximate surface area is 161 Å². The van der Waals surface area contributed by atoms with Crippen LogP contribution in [0.15, 0.2) is 46.3 Å². The first-order valence-corrected chi connectivity index (χ1v) is 11.1. The summed E-state index contributed by atoms with van der Waals surface area (Å²) in [5, 5.41) is 3.35. The monoisotopic (exact) mass is 392 g/mol. The molecule has 1 fully saturated rings. The van der Waals surface area contributed by atoms with Crippen molar-refractivity contribution >= 4 is 15.8 Å². The molecule has 0 aromatic heterocycles. The summed E-state index contributed by atoms with van der Waals surface area (Å²) in [6, 6.07) is 7.08. The van der Waals surface area contributed by atoms with Gasteiger partial charge in [-0.15, -0.1) is 0 Å². The van der Waals surface area contributed by atoms with Crippen molar-refractivity contribution in [2.24, 2.45) is 4.99 Å². The molecule has 0 aliphatic carbocycles. The number of hydrogen-bond acceptors (Lipinski definition) is 5. The zero-order valence-corrected chi connectivity index (χ0v) is 16.8. The second-order valence-electron chi connectivity index (χ2n) is 6.88. The van der Waals surface area contributed by atoms with Crippen LogP contribution in [0.4, 0.5) is 0 Å². The molecular formula is C19H28N4O3S. The van der Waals surface area contributed by atoms with Gasteiger partial charge in [-0.05, 0) is 30.7 Å². The number of guanidine groups is 1. The molecule has 27 heavy (non-hydrogen) atoms. The number of rotatable bonds is 6. The quantitative estimate of drug-likeness (QED) is 0.337. The van der Waals surface area contributed by atoms with E-state index >= 15 is 0 Å². The van der Waals surface area contributed by atoms with E-state index in [1.165, 1.54) is 6.26 Å². The summed E-state index contributed by atoms with van der Waals surface area (Å²) in [6.07, 6.45) is 6.82. The van der Waals surface area contributed by atoms with Crippen LogP contribution in [0.5, 0.6) is 5.75 Å². The van der Waals surface area contributed by atoms with E-state index in [4.69, 9.17) is 4.74 Å². The molecule has 8 heteroatoms. The lowest BCUT2D eigenvalue weighted by molar-refractivity contribution is 0.259. The van der Waals surface area contributed by atoms with Crippen LogP contribution in [0.3, 0.4) is 0 Å². The zero-order chi connectivity index (χ0) is 19.3. The first-order chi connectivity index (χ1) is 13.0. The SMILES string of the molecule is CN=C(NCCOc1ccc(S(C)(=O)=O)cc1)N1CCC(N2CC=CC2)C1. The van der Waals surface area contributed by atoms with E-state index in [0.717, 1.165) is 38.6 Å². The molecule has 2 heterocycles. The van der Waals surface area contributed by atoms with Crippen LogP contribution in [-0.4, -0.2) is 82.9 Å². The van der Waals surface area contributed by atoms with Gasteiger partial charge in [0.05, 0.1) is 11.4 Å². The molecule has 2 aliphatic rings. The van der Waals surface area contributed by atoms with Gasteiger partial charge in [-0.25, -0.2) is 8.42 Å². The fraction of sp³-hybridized carbons (Fsp3) is 0.526. The third-order valence-corrected chi connectivity index (χ3v) is 6.07. The molecule has 7 nitrogen and oxygen atoms in total. The summed E-state index contributed by atoms with van der Waals surface area (Å²) >= 11 is 0. The highest BCUT2D eigenvalue weighted by Crippen LogP contribution is 2.18. The molecule has 0 radical (unpaired) electrons. The molecule has 0 saturated carbocycles. The number of nitrogens with zero attached hydrogens (tertiary/aromatic N) is 3. The van der Waals surface area contributed by atoms with E-state index < -0.39 is 9.84 Å². The van der Waals surface area contributed by atoms with Crippen molar-refractivity contribution < 1.29 is 13.2 Å². The molecule has 1 aromatic carbocycles. The van der Waals surface area contributed by atoms with Crippen molar-refractivity contribution in [3.05, 3.63) is 36.4 Å². The van der Waals surface area contributed by atoms with Gasteiger partial charge >= 0.3 is 0 Å². The van der Waals surface area contributed by atoms with Crippen molar-refractivity contribution in [1.29, 1.82) is 0 Å². The lowest BCUT2D eigenvalue weighted by Crippen LogP contribution is -2.43. The second kappa shape index (κ2) is 8.75. The van der Waals surface area contributed by atoms with E-state index in [9.17, 15) is 8.42 Å². The molecule has 2 aliphatic heterocycles. The van der Waals surface area contributed by atoms with Crippen molar-refractivity contribution in [3.8, 4) is 5.75 Å². The fourth-order valence-electron chi connectivity index (χ4n) is 3.47. The molecule has 1 unspecified atom stereocenters. The number of nitrogens with one attached hydrogen (secondary N) is 1. The highest BCUT2D eigenvalue weighted by Gasteiger charge is 2.29. The summed E-state index contributed by atoms with van der Waals surface area (Å²) in [5.74, 6) is 1.56. The Bertz CT molecular complexity index is 782. The number of benzene rings is 1. The van der Waals surface area contributed by atoms with E-state index in [-0.39, 0.29) is 0 Å². The van der Waals surface area contributed by atoms with Crippen molar-refractivity contribution in [1.82, 2.24) is 15.1 Å². The molecule has 0 amide bonds. The van der Waals surface area contributed by atoms with E-state index in [1.54, 1.807) is 31.3 Å². The molecule has 0 spiro atoms. The highest BCUT2D eigenvalue weighted by molar-refractivity contribution is 7.90. The lowest BCUT2D eigenvalue weighted by atomic mass is 10.2. The van der Waals surface area contributed by atoms with Gasteiger partial charge in [0.15, 0.2) is 15.8 Å². The first-order valence-electron chi connectivity index (χ1n) is 9.25. The summed E-state index contributed by atoms with van der Waals surface area (Å²) in [7, 11) is -1.37. The predicted octanol–water partition coefficient (Wildman–Crippen LogP) is 0.990. The number of likely N-dealkylation sites (tertiary alicyclic amines) is 1. The van der Waals surface area contributed by atoms with Crippen molar-refractivity contribution in [2.45, 2.75) is 17.4 Å². The smallest absolute Gasteiger partial charge is 0.193 e. The van der Waals surface area contributed by atoms with Crippen LogP contribution in [0.25, 0.3) is 0 Å². The largest absolute Gasteiger partial charge is 0.492 e. The van der Waals surface area contributed by atoms with Gasteiger partial charge in [0.1, 0.15) is 12.4 Å². The van der Waals surface area contributed by atoms with Crippen LogP contribution in [-0.2, 0) is 9.84 Å². The molecule has 1 atom stereocenters. The lowest BCUT2D eigenvalue weighted by Gasteiger charge is -2.25. The van der Waals surface area contributed by atoms with Gasteiger partial charge in [-0.2, -0.15) is 0 Å². The van der Waals surface area contributed by atoms with Gasteiger partial charge in [0.25, 0.3) is 0 Å². The van der Waals surface area contributed by atoms with Crippen molar-refractivity contribution in [2.75, 3.05) is 52.6 Å². The Balaban J connectivity index is 1.41. The molecular weight excluding hydrogens is 364 g/mol. The Morgan fingerprint density at radius 2 is 1.96 bits per heavy atom. The van der Waals surface area contributed by atoms with Crippen LogP contribution in [0, 0.1) is 0 Å². The minimum Gasteiger partial charge on any atom is -0.492 e. The number of sulfone groups is 1. The average Bonchev–Trinajstić information content (AvgIpc) is 3.33. The summed E-state index contributed by atoms with van der Waals surface area (Å²) < 4.78 is 28.6. The van der Waals surface area contributed by atoms with E-state index in [2.05, 4.69) is 32.3 Å². The van der Waals surface area contributed by atoms with Gasteiger partial charge in [-0.3, -0.25) is 9.89 Å². The Morgan fingerprint density at radius 3 is 2.59 bits per heavy atom. The number of aliphatic imine (C=N–C) groups is 1. The second-order valence-corrected chi connectivity index (χ2v) is 8.90. The van der Waals surface area contributed by atoms with E-state index in [1.807, 2.05) is 0 Å².